The van der Waals surface area contributed by atoms with Crippen LogP contribution in [0.4, 0.5) is 16.2 Å². The summed E-state index contributed by atoms with van der Waals surface area (Å²) in [5.41, 5.74) is 1.02. The minimum atomic E-state index is -1.12. The number of methoxy groups -OCH3 is 1. The molecule has 1 fully saturated rings. The maximum absolute atomic E-state index is 13.7. The van der Waals surface area contributed by atoms with Gasteiger partial charge in [0.15, 0.2) is 6.23 Å². The number of aliphatic hydroxyl groups is 1. The average molecular weight is 532 g/mol. The summed E-state index contributed by atoms with van der Waals surface area (Å²) < 4.78 is 7.20. The summed E-state index contributed by atoms with van der Waals surface area (Å²) in [4.78, 5) is 16.7. The molecule has 2 amide bonds. The molecule has 0 bridgehead atoms. The molecule has 4 rings (SSSR count). The number of carbonyl (C=O) groups excluding carboxylic acids is 1. The number of amides is 2. The smallest absolute Gasteiger partial charge is 0.332 e. The summed E-state index contributed by atoms with van der Waals surface area (Å²) in [7, 11) is 1.60. The third kappa shape index (κ3) is 3.41. The maximum atomic E-state index is 13.7. The van der Waals surface area contributed by atoms with Gasteiger partial charge in [-0.25, -0.2) is 4.79 Å². The van der Waals surface area contributed by atoms with E-state index in [1.807, 2.05) is 79.7 Å². The molecule has 3 aromatic rings. The number of aliphatic hydroxyl groups excluding tert-OH is 1. The van der Waals surface area contributed by atoms with E-state index < -0.39 is 11.8 Å². The number of halogens is 2. The van der Waals surface area contributed by atoms with Crippen molar-refractivity contribution in [1.82, 2.24) is 0 Å². The molecule has 5 nitrogen and oxygen atoms in total. The second kappa shape index (κ2) is 8.06. The maximum Gasteiger partial charge on any atom is 0.332 e. The van der Waals surface area contributed by atoms with Crippen LogP contribution in [0, 0.1) is 0 Å². The number of anilines is 2. The van der Waals surface area contributed by atoms with Gasteiger partial charge in [-0.2, -0.15) is 0 Å². The van der Waals surface area contributed by atoms with Gasteiger partial charge in [0, 0.05) is 20.3 Å². The Balaban J connectivity index is 1.90. The monoisotopic (exact) mass is 530 g/mol. The quantitative estimate of drug-likeness (QED) is 0.456. The fraction of sp³-hybridized carbons (Fsp3) is 0.174. The van der Waals surface area contributed by atoms with Crippen LogP contribution in [0.2, 0.25) is 0 Å². The van der Waals surface area contributed by atoms with Crippen molar-refractivity contribution in [2.75, 3.05) is 16.9 Å². The van der Waals surface area contributed by atoms with Crippen molar-refractivity contribution in [1.29, 1.82) is 0 Å². The molecule has 2 unspecified atom stereocenters. The normalized spacial score (nSPS) is 21.2. The Morgan fingerprint density at radius 3 is 2.07 bits per heavy atom. The molecule has 0 spiro atoms. The molecule has 0 aromatic heterocycles. The second-order valence-corrected chi connectivity index (χ2v) is 9.03. The van der Waals surface area contributed by atoms with Gasteiger partial charge in [0.1, 0.15) is 11.3 Å². The van der Waals surface area contributed by atoms with Crippen molar-refractivity contribution in [2.45, 2.75) is 18.7 Å². The standard InChI is InChI=1S/C23H20Br2N2O3/c1-23(15-4-3-5-20(14-15)30-2)21(28)26(18-10-6-16(24)7-11-18)22(29)27(23)19-12-8-17(25)9-13-19/h3-14,21,28H,1-2H3. The van der Waals surface area contributed by atoms with Crippen molar-refractivity contribution in [3.8, 4) is 5.75 Å². The first kappa shape index (κ1) is 20.9. The molecule has 1 saturated heterocycles. The van der Waals surface area contributed by atoms with Gasteiger partial charge >= 0.3 is 6.03 Å². The lowest BCUT2D eigenvalue weighted by atomic mass is 9.88. The van der Waals surface area contributed by atoms with Crippen LogP contribution in [0.1, 0.15) is 12.5 Å². The first-order chi connectivity index (χ1) is 14.4. The highest BCUT2D eigenvalue weighted by Gasteiger charge is 2.56. The highest BCUT2D eigenvalue weighted by molar-refractivity contribution is 9.10. The summed E-state index contributed by atoms with van der Waals surface area (Å²) in [5, 5.41) is 11.5. The molecule has 0 aliphatic carbocycles. The van der Waals surface area contributed by atoms with E-state index in [0.717, 1.165) is 14.5 Å². The predicted molar refractivity (Wildman–Crippen MR) is 125 cm³/mol. The molecule has 154 valence electrons. The van der Waals surface area contributed by atoms with E-state index >= 15 is 0 Å². The third-order valence-corrected chi connectivity index (χ3v) is 6.51. The van der Waals surface area contributed by atoms with Crippen LogP contribution in [-0.4, -0.2) is 24.5 Å². The van der Waals surface area contributed by atoms with Crippen LogP contribution in [-0.2, 0) is 5.54 Å². The third-order valence-electron chi connectivity index (χ3n) is 5.45. The number of hydrogen-bond acceptors (Lipinski definition) is 3. The molecule has 1 heterocycles. The zero-order valence-electron chi connectivity index (χ0n) is 16.4. The fourth-order valence-electron chi connectivity index (χ4n) is 3.82. The van der Waals surface area contributed by atoms with Gasteiger partial charge in [0.25, 0.3) is 0 Å². The molecule has 2 atom stereocenters. The first-order valence-corrected chi connectivity index (χ1v) is 10.9. The van der Waals surface area contributed by atoms with Gasteiger partial charge in [-0.05, 0) is 73.2 Å². The lowest BCUT2D eigenvalue weighted by Gasteiger charge is -2.36. The minimum absolute atomic E-state index is 0.308. The molecule has 0 saturated carbocycles. The highest BCUT2D eigenvalue weighted by Crippen LogP contribution is 2.45. The van der Waals surface area contributed by atoms with Crippen LogP contribution < -0.4 is 14.5 Å². The minimum Gasteiger partial charge on any atom is -0.497 e. The van der Waals surface area contributed by atoms with E-state index in [2.05, 4.69) is 31.9 Å². The van der Waals surface area contributed by atoms with Crippen LogP contribution in [0.3, 0.4) is 0 Å². The van der Waals surface area contributed by atoms with Crippen LogP contribution in [0.25, 0.3) is 0 Å². The summed E-state index contributed by atoms with van der Waals surface area (Å²) in [6.45, 7) is 1.87. The van der Waals surface area contributed by atoms with E-state index in [4.69, 9.17) is 4.74 Å². The van der Waals surface area contributed by atoms with Gasteiger partial charge < -0.3 is 9.84 Å². The molecule has 1 aliphatic heterocycles. The van der Waals surface area contributed by atoms with E-state index in [1.165, 1.54) is 4.90 Å². The Labute approximate surface area is 192 Å². The fourth-order valence-corrected chi connectivity index (χ4v) is 4.34. The number of ether oxygens (including phenoxy) is 1. The van der Waals surface area contributed by atoms with Crippen molar-refractivity contribution < 1.29 is 14.6 Å². The number of rotatable bonds is 4. The van der Waals surface area contributed by atoms with Gasteiger partial charge in [-0.15, -0.1) is 0 Å². The lowest BCUT2D eigenvalue weighted by molar-refractivity contribution is 0.119. The van der Waals surface area contributed by atoms with Crippen molar-refractivity contribution in [2.24, 2.45) is 0 Å². The number of nitrogens with zero attached hydrogens (tertiary/aromatic N) is 2. The van der Waals surface area contributed by atoms with E-state index in [9.17, 15) is 9.90 Å². The SMILES string of the molecule is COc1cccc(C2(C)C(O)N(c3ccc(Br)cc3)C(=O)N2c2ccc(Br)cc2)c1. The number of benzene rings is 3. The van der Waals surface area contributed by atoms with Crippen molar-refractivity contribution in [3.63, 3.8) is 0 Å². The number of urea groups is 1. The predicted octanol–water partition coefficient (Wildman–Crippen LogP) is 5.90. The van der Waals surface area contributed by atoms with E-state index in [-0.39, 0.29) is 6.03 Å². The molecule has 0 radical (unpaired) electrons. The van der Waals surface area contributed by atoms with E-state index in [1.54, 1.807) is 12.0 Å². The lowest BCUT2D eigenvalue weighted by Crippen LogP contribution is -2.47. The number of hydrogen-bond donors (Lipinski definition) is 1. The van der Waals surface area contributed by atoms with Gasteiger partial charge in [-0.3, -0.25) is 9.80 Å². The summed E-state index contributed by atoms with van der Waals surface area (Å²) >= 11 is 6.86. The Hall–Kier alpha value is -2.35. The largest absolute Gasteiger partial charge is 0.497 e. The molecule has 30 heavy (non-hydrogen) atoms. The van der Waals surface area contributed by atoms with E-state index in [0.29, 0.717) is 17.1 Å². The summed E-state index contributed by atoms with van der Waals surface area (Å²) in [6.07, 6.45) is -1.12. The summed E-state index contributed by atoms with van der Waals surface area (Å²) in [5.74, 6) is 0.659. The van der Waals surface area contributed by atoms with Crippen molar-refractivity contribution in [3.05, 3.63) is 87.3 Å². The van der Waals surface area contributed by atoms with Gasteiger partial charge in [-0.1, -0.05) is 44.0 Å². The van der Waals surface area contributed by atoms with Gasteiger partial charge in [0.2, 0.25) is 0 Å². The Morgan fingerprint density at radius 2 is 1.50 bits per heavy atom. The molecule has 3 aromatic carbocycles. The zero-order chi connectivity index (χ0) is 21.5. The second-order valence-electron chi connectivity index (χ2n) is 7.19. The van der Waals surface area contributed by atoms with Crippen molar-refractivity contribution >= 4 is 49.3 Å². The molecular weight excluding hydrogens is 512 g/mol. The first-order valence-electron chi connectivity index (χ1n) is 9.33. The average Bonchev–Trinajstić information content (AvgIpc) is 2.96. The molecule has 1 aliphatic rings. The van der Waals surface area contributed by atoms with Gasteiger partial charge in [0.05, 0.1) is 7.11 Å². The Kier molecular flexibility index (Phi) is 5.61. The zero-order valence-corrected chi connectivity index (χ0v) is 19.6. The topological polar surface area (TPSA) is 53.0 Å². The van der Waals surface area contributed by atoms with Crippen LogP contribution in [0.5, 0.6) is 5.75 Å². The Bertz CT molecular complexity index is 1070. The highest BCUT2D eigenvalue weighted by atomic mass is 79.9. The molecule has 1 N–H and O–H groups in total. The molecule has 7 heteroatoms. The summed E-state index contributed by atoms with van der Waals surface area (Å²) in [6, 6.07) is 21.9. The van der Waals surface area contributed by atoms with Crippen LogP contribution >= 0.6 is 31.9 Å². The molecular formula is C23H20Br2N2O3. The number of carbonyl (C=O) groups is 1. The Morgan fingerprint density at radius 1 is 0.933 bits per heavy atom. The van der Waals surface area contributed by atoms with Crippen LogP contribution in [0.15, 0.2) is 81.7 Å².